The SMILES string of the molecule is CC[C@@H](C)[C@H](OC(=O)[C@H](Cc1ccc(C)cc1)N(C)C)C(=O)C[C@@H](C(=O)N(C)[C@H](Cc1ccc(O)cc1)C(=O)N(C)[C@@H](Cc1ccc(C)cc1)C(=O)OC)C(C)C. The summed E-state index contributed by atoms with van der Waals surface area (Å²) in [7, 11) is 7.92. The average molecular weight is 786 g/mol. The first-order valence-electron chi connectivity index (χ1n) is 19.8. The predicted octanol–water partition coefficient (Wildman–Crippen LogP) is 5.98. The molecule has 0 spiro atoms. The van der Waals surface area contributed by atoms with Gasteiger partial charge in [0.1, 0.15) is 23.9 Å². The Bertz CT molecular complexity index is 1790. The van der Waals surface area contributed by atoms with E-state index >= 15 is 0 Å². The van der Waals surface area contributed by atoms with Crippen LogP contribution in [0, 0.1) is 31.6 Å². The van der Waals surface area contributed by atoms with E-state index in [1.54, 1.807) is 31.1 Å². The Morgan fingerprint density at radius 3 is 1.51 bits per heavy atom. The van der Waals surface area contributed by atoms with Gasteiger partial charge in [-0.15, -0.1) is 0 Å². The quantitative estimate of drug-likeness (QED) is 0.137. The molecular formula is C46H63N3O8. The Kier molecular flexibility index (Phi) is 17.5. The topological polar surface area (TPSA) is 134 Å². The molecule has 0 aliphatic heterocycles. The molecule has 3 aromatic rings. The summed E-state index contributed by atoms with van der Waals surface area (Å²) in [6.07, 6.45) is -0.0562. The summed E-state index contributed by atoms with van der Waals surface area (Å²) in [6, 6.07) is 19.2. The van der Waals surface area contributed by atoms with Crippen molar-refractivity contribution in [3.8, 4) is 5.75 Å². The van der Waals surface area contributed by atoms with Crippen molar-refractivity contribution < 1.29 is 38.6 Å². The van der Waals surface area contributed by atoms with E-state index in [2.05, 4.69) is 0 Å². The molecule has 0 bridgehead atoms. The first kappa shape index (κ1) is 46.4. The minimum absolute atomic E-state index is 0.0500. The molecule has 0 radical (unpaired) electrons. The fourth-order valence-corrected chi connectivity index (χ4v) is 6.79. The number of methoxy groups -OCH3 is 1. The third-order valence-electron chi connectivity index (χ3n) is 11.0. The van der Waals surface area contributed by atoms with Gasteiger partial charge in [0.2, 0.25) is 11.8 Å². The highest BCUT2D eigenvalue weighted by Gasteiger charge is 2.40. The Morgan fingerprint density at radius 2 is 1.07 bits per heavy atom. The molecule has 2 amide bonds. The molecule has 3 rings (SSSR count). The number of aromatic hydroxyl groups is 1. The van der Waals surface area contributed by atoms with Crippen LogP contribution in [0.1, 0.15) is 68.4 Å². The third kappa shape index (κ3) is 13.0. The number of rotatable bonds is 20. The molecule has 0 unspecified atom stereocenters. The van der Waals surface area contributed by atoms with E-state index in [0.717, 1.165) is 22.3 Å². The van der Waals surface area contributed by atoms with E-state index in [1.165, 1.54) is 43.1 Å². The molecule has 0 saturated heterocycles. The lowest BCUT2D eigenvalue weighted by atomic mass is 9.85. The molecule has 310 valence electrons. The third-order valence-corrected chi connectivity index (χ3v) is 11.0. The second-order valence-corrected chi connectivity index (χ2v) is 15.9. The van der Waals surface area contributed by atoms with Crippen LogP contribution in [0.3, 0.4) is 0 Å². The lowest BCUT2D eigenvalue weighted by Crippen LogP contribution is -2.55. The number of Topliss-reactive ketones (excluding diaryl/α,β-unsaturated/α-hetero) is 1. The van der Waals surface area contributed by atoms with Crippen LogP contribution < -0.4 is 0 Å². The molecule has 0 saturated carbocycles. The summed E-state index contributed by atoms with van der Waals surface area (Å²) in [4.78, 5) is 74.7. The first-order chi connectivity index (χ1) is 26.9. The summed E-state index contributed by atoms with van der Waals surface area (Å²) in [6.45, 7) is 11.4. The summed E-state index contributed by atoms with van der Waals surface area (Å²) in [5, 5.41) is 9.95. The second-order valence-electron chi connectivity index (χ2n) is 15.9. The highest BCUT2D eigenvalue weighted by atomic mass is 16.5. The number of phenols is 1. The zero-order valence-electron chi connectivity index (χ0n) is 35.7. The van der Waals surface area contributed by atoms with Crippen LogP contribution in [-0.2, 0) is 52.7 Å². The van der Waals surface area contributed by atoms with E-state index in [4.69, 9.17) is 9.47 Å². The number of amides is 2. The molecule has 0 aliphatic carbocycles. The number of aryl methyl sites for hydroxylation is 2. The van der Waals surface area contributed by atoms with Gasteiger partial charge in [-0.25, -0.2) is 4.79 Å². The van der Waals surface area contributed by atoms with Gasteiger partial charge in [0.05, 0.1) is 7.11 Å². The van der Waals surface area contributed by atoms with Crippen molar-refractivity contribution in [2.75, 3.05) is 35.3 Å². The molecule has 11 nitrogen and oxygen atoms in total. The van der Waals surface area contributed by atoms with Crippen LogP contribution in [0.25, 0.3) is 0 Å². The minimum atomic E-state index is -1.08. The lowest BCUT2D eigenvalue weighted by molar-refractivity contribution is -0.163. The van der Waals surface area contributed by atoms with Gasteiger partial charge in [0.25, 0.3) is 0 Å². The maximum atomic E-state index is 14.6. The summed E-state index contributed by atoms with van der Waals surface area (Å²) < 4.78 is 11.2. The van der Waals surface area contributed by atoms with Crippen molar-refractivity contribution in [2.45, 2.75) is 97.9 Å². The largest absolute Gasteiger partial charge is 0.508 e. The Morgan fingerprint density at radius 1 is 0.632 bits per heavy atom. The van der Waals surface area contributed by atoms with Gasteiger partial charge in [0, 0.05) is 45.2 Å². The Labute approximate surface area is 339 Å². The molecule has 6 atom stereocenters. The normalized spacial score (nSPS) is 14.5. The van der Waals surface area contributed by atoms with E-state index in [1.807, 2.05) is 90.1 Å². The molecule has 0 fully saturated rings. The van der Waals surface area contributed by atoms with Crippen LogP contribution in [0.2, 0.25) is 0 Å². The number of nitrogens with zero attached hydrogens (tertiary/aromatic N) is 3. The zero-order chi connectivity index (χ0) is 42.6. The van der Waals surface area contributed by atoms with Crippen molar-refractivity contribution >= 4 is 29.5 Å². The molecule has 57 heavy (non-hydrogen) atoms. The van der Waals surface area contributed by atoms with Gasteiger partial charge in [-0.2, -0.15) is 0 Å². The highest BCUT2D eigenvalue weighted by Crippen LogP contribution is 2.26. The maximum Gasteiger partial charge on any atom is 0.328 e. The number of ketones is 1. The first-order valence-corrected chi connectivity index (χ1v) is 19.8. The number of phenolic OH excluding ortho intramolecular Hbond substituents is 1. The lowest BCUT2D eigenvalue weighted by Gasteiger charge is -2.36. The molecule has 11 heteroatoms. The monoisotopic (exact) mass is 785 g/mol. The average Bonchev–Trinajstić information content (AvgIpc) is 3.19. The summed E-state index contributed by atoms with van der Waals surface area (Å²) in [5.74, 6) is -3.85. The Balaban J connectivity index is 1.93. The maximum absolute atomic E-state index is 14.6. The van der Waals surface area contributed by atoms with Crippen LogP contribution in [0.4, 0.5) is 0 Å². The Hall–Kier alpha value is -5.03. The zero-order valence-corrected chi connectivity index (χ0v) is 35.7. The molecule has 1 N–H and O–H groups in total. The molecule has 0 heterocycles. The van der Waals surface area contributed by atoms with Crippen LogP contribution in [0.5, 0.6) is 5.75 Å². The highest BCUT2D eigenvalue weighted by molar-refractivity contribution is 5.94. The van der Waals surface area contributed by atoms with Crippen LogP contribution in [0.15, 0.2) is 72.8 Å². The molecule has 0 aromatic heterocycles. The fraction of sp³-hybridized carbons (Fsp3) is 0.500. The standard InChI is InChI=1S/C46H63N3O8/c1-12-32(6)42(57-46(55)39(47(7)8)26-33-17-13-30(4)14-18-33)41(51)28-37(29(2)3)43(52)48(9)38(25-35-21-23-36(50)24-22-35)44(53)49(10)40(45(54)56-11)27-34-19-15-31(5)16-20-34/h13-24,29,32,37-40,42,50H,12,25-28H2,1-11H3/t32-,37-,38-,39+,40+,42+/m1/s1. The van der Waals surface area contributed by atoms with E-state index < -0.39 is 53.9 Å². The smallest absolute Gasteiger partial charge is 0.328 e. The molecular weight excluding hydrogens is 723 g/mol. The van der Waals surface area contributed by atoms with E-state index in [-0.39, 0.29) is 42.6 Å². The van der Waals surface area contributed by atoms with Gasteiger partial charge in [-0.3, -0.25) is 24.1 Å². The number of benzene rings is 3. The van der Waals surface area contributed by atoms with Crippen molar-refractivity contribution in [3.63, 3.8) is 0 Å². The predicted molar refractivity (Wildman–Crippen MR) is 221 cm³/mol. The number of carbonyl (C=O) groups excluding carboxylic acids is 5. The van der Waals surface area contributed by atoms with Crippen LogP contribution in [-0.4, -0.2) is 109 Å². The van der Waals surface area contributed by atoms with Crippen molar-refractivity contribution in [2.24, 2.45) is 17.8 Å². The number of esters is 2. The molecule has 0 aliphatic rings. The van der Waals surface area contributed by atoms with Crippen molar-refractivity contribution in [3.05, 3.63) is 101 Å². The summed E-state index contributed by atoms with van der Waals surface area (Å²) >= 11 is 0. The van der Waals surface area contributed by atoms with E-state index in [9.17, 15) is 29.1 Å². The van der Waals surface area contributed by atoms with Crippen molar-refractivity contribution in [1.29, 1.82) is 0 Å². The number of ether oxygens (including phenoxy) is 2. The number of carbonyl (C=O) groups is 5. The van der Waals surface area contributed by atoms with Gasteiger partial charge in [-0.1, -0.05) is 99.5 Å². The number of hydrogen-bond acceptors (Lipinski definition) is 9. The van der Waals surface area contributed by atoms with Gasteiger partial charge >= 0.3 is 11.9 Å². The van der Waals surface area contributed by atoms with Gasteiger partial charge < -0.3 is 24.4 Å². The van der Waals surface area contributed by atoms with E-state index in [0.29, 0.717) is 18.4 Å². The fourth-order valence-electron chi connectivity index (χ4n) is 6.79. The van der Waals surface area contributed by atoms with Gasteiger partial charge in [-0.05, 0) is 75.5 Å². The van der Waals surface area contributed by atoms with Crippen molar-refractivity contribution in [1.82, 2.24) is 14.7 Å². The number of likely N-dealkylation sites (N-methyl/N-ethyl adjacent to an activating group) is 3. The minimum Gasteiger partial charge on any atom is -0.508 e. The van der Waals surface area contributed by atoms with Gasteiger partial charge in [0.15, 0.2) is 11.9 Å². The number of hydrogen-bond donors (Lipinski definition) is 1. The van der Waals surface area contributed by atoms with Crippen LogP contribution >= 0.6 is 0 Å². The molecule has 3 aromatic carbocycles. The second kappa shape index (κ2) is 21.5. The summed E-state index contributed by atoms with van der Waals surface area (Å²) in [5.41, 5.74) is 4.63.